The Labute approximate surface area is 182 Å². The highest BCUT2D eigenvalue weighted by molar-refractivity contribution is 5.70. The highest BCUT2D eigenvalue weighted by Crippen LogP contribution is 2.24. The Balaban J connectivity index is 2.13. The molecule has 0 aromatic heterocycles. The van der Waals surface area contributed by atoms with Gasteiger partial charge >= 0.3 is 12.2 Å². The fourth-order valence-corrected chi connectivity index (χ4v) is 2.58. The first kappa shape index (κ1) is 24.0. The van der Waals surface area contributed by atoms with Crippen molar-refractivity contribution < 1.29 is 28.2 Å². The number of nitrogens with one attached hydrogen (secondary N) is 1. The lowest BCUT2D eigenvalue weighted by atomic mass is 10.0. The third-order valence-electron chi connectivity index (χ3n) is 4.01. The SMILES string of the molecule is CN(C)C(=O)Oc1cccc(C(CCOc2ccc(F)cc2)NC(=O)OC(C)(C)C)c1. The Morgan fingerprint density at radius 3 is 2.35 bits per heavy atom. The van der Waals surface area contributed by atoms with Gasteiger partial charge in [-0.05, 0) is 62.7 Å². The quantitative estimate of drug-likeness (QED) is 0.672. The molecule has 2 aromatic rings. The largest absolute Gasteiger partial charge is 0.494 e. The maximum atomic E-state index is 13.1. The first-order valence-electron chi connectivity index (χ1n) is 9.90. The molecule has 0 aliphatic heterocycles. The molecular formula is C23H29FN2O5. The van der Waals surface area contributed by atoms with Crippen LogP contribution in [0.5, 0.6) is 11.5 Å². The molecule has 2 rings (SSSR count). The van der Waals surface area contributed by atoms with Crippen LogP contribution < -0.4 is 14.8 Å². The van der Waals surface area contributed by atoms with Crippen LogP contribution in [0.15, 0.2) is 48.5 Å². The minimum atomic E-state index is -0.650. The lowest BCUT2D eigenvalue weighted by Crippen LogP contribution is -2.35. The second-order valence-corrected chi connectivity index (χ2v) is 8.12. The van der Waals surface area contributed by atoms with Crippen molar-refractivity contribution in [2.45, 2.75) is 38.8 Å². The van der Waals surface area contributed by atoms with Gasteiger partial charge in [0.1, 0.15) is 22.9 Å². The summed E-state index contributed by atoms with van der Waals surface area (Å²) in [4.78, 5) is 25.5. The van der Waals surface area contributed by atoms with Crippen molar-refractivity contribution in [1.29, 1.82) is 0 Å². The van der Waals surface area contributed by atoms with Gasteiger partial charge in [0, 0.05) is 20.5 Å². The zero-order chi connectivity index (χ0) is 23.0. The van der Waals surface area contributed by atoms with Gasteiger partial charge in [0.2, 0.25) is 0 Å². The Bertz CT molecular complexity index is 878. The molecule has 8 heteroatoms. The van der Waals surface area contributed by atoms with Crippen LogP contribution in [0.25, 0.3) is 0 Å². The van der Waals surface area contributed by atoms with Crippen LogP contribution in [0.2, 0.25) is 0 Å². The maximum absolute atomic E-state index is 13.1. The van der Waals surface area contributed by atoms with Gasteiger partial charge in [-0.25, -0.2) is 14.0 Å². The fourth-order valence-electron chi connectivity index (χ4n) is 2.58. The number of hydrogen-bond acceptors (Lipinski definition) is 5. The Morgan fingerprint density at radius 1 is 1.06 bits per heavy atom. The van der Waals surface area contributed by atoms with Gasteiger partial charge in [-0.15, -0.1) is 0 Å². The molecule has 2 aromatic carbocycles. The molecule has 0 aliphatic carbocycles. The van der Waals surface area contributed by atoms with Gasteiger partial charge in [0.25, 0.3) is 0 Å². The number of ether oxygens (including phenoxy) is 3. The predicted octanol–water partition coefficient (Wildman–Crippen LogP) is 4.92. The molecule has 2 amide bonds. The molecule has 1 N–H and O–H groups in total. The Kier molecular flexibility index (Phi) is 8.24. The number of rotatable bonds is 7. The van der Waals surface area contributed by atoms with Crippen LogP contribution in [0.1, 0.15) is 38.8 Å². The van der Waals surface area contributed by atoms with Gasteiger partial charge in [-0.2, -0.15) is 0 Å². The topological polar surface area (TPSA) is 77.1 Å². The second kappa shape index (κ2) is 10.7. The molecule has 1 atom stereocenters. The normalized spacial score (nSPS) is 11.9. The van der Waals surface area contributed by atoms with E-state index in [1.807, 2.05) is 6.07 Å². The summed E-state index contributed by atoms with van der Waals surface area (Å²) < 4.78 is 29.4. The third-order valence-corrected chi connectivity index (χ3v) is 4.01. The molecule has 168 valence electrons. The molecule has 0 heterocycles. The maximum Gasteiger partial charge on any atom is 0.414 e. The van der Waals surface area contributed by atoms with E-state index in [1.165, 1.54) is 29.2 Å². The molecule has 0 aliphatic rings. The minimum absolute atomic E-state index is 0.258. The van der Waals surface area contributed by atoms with Gasteiger partial charge in [-0.3, -0.25) is 0 Å². The molecule has 31 heavy (non-hydrogen) atoms. The van der Waals surface area contributed by atoms with E-state index in [-0.39, 0.29) is 12.4 Å². The summed E-state index contributed by atoms with van der Waals surface area (Å²) in [5.41, 5.74) is 0.0696. The lowest BCUT2D eigenvalue weighted by molar-refractivity contribution is 0.0497. The van der Waals surface area contributed by atoms with E-state index in [4.69, 9.17) is 14.2 Å². The van der Waals surface area contributed by atoms with E-state index in [1.54, 1.807) is 53.1 Å². The average Bonchev–Trinajstić information content (AvgIpc) is 2.67. The number of carbonyl (C=O) groups is 2. The zero-order valence-electron chi connectivity index (χ0n) is 18.5. The van der Waals surface area contributed by atoms with Crippen molar-refractivity contribution in [2.75, 3.05) is 20.7 Å². The first-order chi connectivity index (χ1) is 14.5. The molecule has 0 saturated heterocycles. The predicted molar refractivity (Wildman–Crippen MR) is 115 cm³/mol. The highest BCUT2D eigenvalue weighted by atomic mass is 19.1. The van der Waals surface area contributed by atoms with Crippen LogP contribution in [0.4, 0.5) is 14.0 Å². The van der Waals surface area contributed by atoms with Crippen molar-refractivity contribution in [2.24, 2.45) is 0 Å². The van der Waals surface area contributed by atoms with E-state index >= 15 is 0 Å². The standard InChI is InChI=1S/C23H29FN2O5/c1-23(2,3)31-21(27)25-20(13-14-29-18-11-9-17(24)10-12-18)16-7-6-8-19(15-16)30-22(28)26(4)5/h6-12,15,20H,13-14H2,1-5H3,(H,25,27). The number of nitrogens with zero attached hydrogens (tertiary/aromatic N) is 1. The van der Waals surface area contributed by atoms with Gasteiger partial charge in [0.15, 0.2) is 0 Å². The van der Waals surface area contributed by atoms with E-state index < -0.39 is 23.8 Å². The van der Waals surface area contributed by atoms with Crippen LogP contribution >= 0.6 is 0 Å². The number of alkyl carbamates (subject to hydrolysis) is 1. The molecule has 0 saturated carbocycles. The van der Waals surface area contributed by atoms with Crippen molar-refractivity contribution in [3.8, 4) is 11.5 Å². The first-order valence-corrected chi connectivity index (χ1v) is 9.90. The van der Waals surface area contributed by atoms with Crippen molar-refractivity contribution in [3.63, 3.8) is 0 Å². The zero-order valence-corrected chi connectivity index (χ0v) is 18.5. The van der Waals surface area contributed by atoms with E-state index in [0.29, 0.717) is 17.9 Å². The fraction of sp³-hybridized carbons (Fsp3) is 0.391. The number of hydrogen-bond donors (Lipinski definition) is 1. The number of carbonyl (C=O) groups excluding carboxylic acids is 2. The van der Waals surface area contributed by atoms with Gasteiger partial charge in [-0.1, -0.05) is 12.1 Å². The second-order valence-electron chi connectivity index (χ2n) is 8.12. The Morgan fingerprint density at radius 2 is 1.74 bits per heavy atom. The summed E-state index contributed by atoms with van der Waals surface area (Å²) in [6.07, 6.45) is -0.676. The third kappa shape index (κ3) is 8.54. The Hall–Kier alpha value is -3.29. The molecule has 7 nitrogen and oxygen atoms in total. The summed E-state index contributed by atoms with van der Waals surface area (Å²) in [5.74, 6) is 0.527. The number of benzene rings is 2. The molecule has 0 fully saturated rings. The number of amides is 2. The van der Waals surface area contributed by atoms with Crippen molar-refractivity contribution in [1.82, 2.24) is 10.2 Å². The molecule has 0 radical (unpaired) electrons. The van der Waals surface area contributed by atoms with Gasteiger partial charge < -0.3 is 24.4 Å². The molecule has 0 spiro atoms. The molecular weight excluding hydrogens is 403 g/mol. The summed E-state index contributed by atoms with van der Waals surface area (Å²) in [6.45, 7) is 5.59. The highest BCUT2D eigenvalue weighted by Gasteiger charge is 2.21. The smallest absolute Gasteiger partial charge is 0.414 e. The van der Waals surface area contributed by atoms with Crippen molar-refractivity contribution in [3.05, 3.63) is 59.9 Å². The van der Waals surface area contributed by atoms with Crippen LogP contribution in [0.3, 0.4) is 0 Å². The van der Waals surface area contributed by atoms with Crippen LogP contribution in [0, 0.1) is 5.82 Å². The molecule has 0 bridgehead atoms. The van der Waals surface area contributed by atoms with E-state index in [0.717, 1.165) is 5.56 Å². The van der Waals surface area contributed by atoms with Crippen LogP contribution in [-0.4, -0.2) is 43.4 Å². The lowest BCUT2D eigenvalue weighted by Gasteiger charge is -2.24. The van der Waals surface area contributed by atoms with Crippen LogP contribution in [-0.2, 0) is 4.74 Å². The van der Waals surface area contributed by atoms with E-state index in [2.05, 4.69) is 5.32 Å². The van der Waals surface area contributed by atoms with E-state index in [9.17, 15) is 14.0 Å². The summed E-state index contributed by atoms with van der Waals surface area (Å²) in [7, 11) is 3.18. The number of halogens is 1. The molecule has 1 unspecified atom stereocenters. The average molecular weight is 432 g/mol. The summed E-state index contributed by atoms with van der Waals surface area (Å²) in [6, 6.07) is 12.1. The van der Waals surface area contributed by atoms with Gasteiger partial charge in [0.05, 0.1) is 12.6 Å². The van der Waals surface area contributed by atoms with Crippen molar-refractivity contribution >= 4 is 12.2 Å². The summed E-state index contributed by atoms with van der Waals surface area (Å²) >= 11 is 0. The summed E-state index contributed by atoms with van der Waals surface area (Å²) in [5, 5.41) is 2.84. The monoisotopic (exact) mass is 432 g/mol. The minimum Gasteiger partial charge on any atom is -0.494 e.